The second kappa shape index (κ2) is 8.93. The van der Waals surface area contributed by atoms with Crippen molar-refractivity contribution in [3.8, 4) is 0 Å². The summed E-state index contributed by atoms with van der Waals surface area (Å²) in [6, 6.07) is 32.2. The summed E-state index contributed by atoms with van der Waals surface area (Å²) >= 11 is 0. The first-order chi connectivity index (χ1) is 13.0. The fourth-order valence-electron chi connectivity index (χ4n) is 2.82. The summed E-state index contributed by atoms with van der Waals surface area (Å²) in [4.78, 5) is 4.70. The van der Waals surface area contributed by atoms with Gasteiger partial charge in [0.1, 0.15) is 0 Å². The van der Waals surface area contributed by atoms with Gasteiger partial charge in [-0.3, -0.25) is 4.99 Å². The van der Waals surface area contributed by atoms with Crippen LogP contribution in [0.4, 0.5) is 0 Å². The van der Waals surface area contributed by atoms with Crippen molar-refractivity contribution >= 4 is 30.1 Å². The van der Waals surface area contributed by atoms with Gasteiger partial charge in [-0.1, -0.05) is 91.0 Å². The molecule has 0 N–H and O–H groups in total. The molecule has 0 saturated carbocycles. The van der Waals surface area contributed by atoms with Crippen LogP contribution in [-0.4, -0.2) is 11.8 Å². The van der Waals surface area contributed by atoms with E-state index in [1.54, 1.807) is 0 Å². The molecule has 0 aromatic heterocycles. The fraction of sp³-hybridized carbons (Fsp3) is 0.160. The van der Waals surface area contributed by atoms with Crippen LogP contribution in [0, 0.1) is 0 Å². The normalized spacial score (nSPS) is 12.7. The lowest BCUT2D eigenvalue weighted by Gasteiger charge is -2.22. The molecule has 0 bridgehead atoms. The Morgan fingerprint density at radius 2 is 1.15 bits per heavy atom. The summed E-state index contributed by atoms with van der Waals surface area (Å²) < 4.78 is 0. The van der Waals surface area contributed by atoms with Crippen molar-refractivity contribution < 1.29 is 0 Å². The van der Waals surface area contributed by atoms with Crippen molar-refractivity contribution in [2.75, 3.05) is 0 Å². The van der Waals surface area contributed by atoms with Crippen molar-refractivity contribution in [1.82, 2.24) is 0 Å². The molecule has 0 atom stereocenters. The molecule has 0 saturated heterocycles. The third kappa shape index (κ3) is 5.49. The van der Waals surface area contributed by atoms with E-state index in [1.165, 1.54) is 21.5 Å². The molecule has 136 valence electrons. The highest BCUT2D eigenvalue weighted by molar-refractivity contribution is 7.82. The summed E-state index contributed by atoms with van der Waals surface area (Å²) in [5.41, 5.74) is 1.16. The first-order valence-electron chi connectivity index (χ1n) is 9.26. The number of benzene rings is 3. The Kier molecular flexibility index (Phi) is 6.37. The van der Waals surface area contributed by atoms with E-state index in [1.807, 2.05) is 6.21 Å². The molecule has 0 radical (unpaired) electrons. The van der Waals surface area contributed by atoms with Gasteiger partial charge in [0.05, 0.1) is 5.54 Å². The summed E-state index contributed by atoms with van der Waals surface area (Å²) in [5, 5.41) is 4.01. The molecule has 0 fully saturated rings. The average Bonchev–Trinajstić information content (AvgIpc) is 2.68. The van der Waals surface area contributed by atoms with Crippen LogP contribution < -0.4 is 10.6 Å². The van der Waals surface area contributed by atoms with Crippen LogP contribution in [-0.2, 0) is 0 Å². The molecule has 1 nitrogen and oxygen atoms in total. The standard InChI is InChI=1S/C25H26NP/c1-25(2,3)26-20-19-24(21-13-7-4-8-14-21)27(22-15-9-5-10-16-22)23-17-11-6-12-18-23/h4-20H,1-3H3/b24-19+,26-20?. The lowest BCUT2D eigenvalue weighted by Crippen LogP contribution is -2.13. The number of rotatable bonds is 5. The van der Waals surface area contributed by atoms with Crippen molar-refractivity contribution in [2.45, 2.75) is 26.3 Å². The average molecular weight is 371 g/mol. The Balaban J connectivity index is 2.16. The molecule has 0 heterocycles. The number of nitrogens with zero attached hydrogens (tertiary/aromatic N) is 1. The zero-order chi connectivity index (χ0) is 19.1. The Labute approximate surface area is 164 Å². The van der Waals surface area contributed by atoms with E-state index < -0.39 is 7.92 Å². The highest BCUT2D eigenvalue weighted by atomic mass is 31.1. The minimum absolute atomic E-state index is 0.0828. The highest BCUT2D eigenvalue weighted by Gasteiger charge is 2.19. The van der Waals surface area contributed by atoms with Gasteiger partial charge in [-0.2, -0.15) is 0 Å². The highest BCUT2D eigenvalue weighted by Crippen LogP contribution is 2.48. The first-order valence-corrected chi connectivity index (χ1v) is 10.6. The molecular weight excluding hydrogens is 345 g/mol. The second-order valence-electron chi connectivity index (χ2n) is 7.37. The van der Waals surface area contributed by atoms with Crippen molar-refractivity contribution in [3.05, 3.63) is 103 Å². The molecule has 3 aromatic carbocycles. The van der Waals surface area contributed by atoms with Crippen LogP contribution in [0.15, 0.2) is 102 Å². The molecule has 0 amide bonds. The van der Waals surface area contributed by atoms with Gasteiger partial charge < -0.3 is 0 Å². The predicted octanol–water partition coefficient (Wildman–Crippen LogP) is 6.03. The van der Waals surface area contributed by atoms with E-state index in [0.717, 1.165) is 0 Å². The van der Waals surface area contributed by atoms with Crippen LogP contribution >= 0.6 is 7.92 Å². The molecule has 0 aliphatic carbocycles. The van der Waals surface area contributed by atoms with Gasteiger partial charge in [0, 0.05) is 6.21 Å². The van der Waals surface area contributed by atoms with Crippen LogP contribution in [0.5, 0.6) is 0 Å². The Hall–Kier alpha value is -2.50. The van der Waals surface area contributed by atoms with Gasteiger partial charge >= 0.3 is 0 Å². The molecule has 3 aromatic rings. The molecule has 0 unspecified atom stereocenters. The Morgan fingerprint density at radius 1 is 0.704 bits per heavy atom. The number of aliphatic imine (C=N–C) groups is 1. The third-order valence-electron chi connectivity index (χ3n) is 4.03. The molecule has 0 aliphatic heterocycles. The van der Waals surface area contributed by atoms with E-state index in [2.05, 4.69) is 118 Å². The van der Waals surface area contributed by atoms with Gasteiger partial charge in [0.25, 0.3) is 0 Å². The molecular formula is C25H26NP. The zero-order valence-corrected chi connectivity index (χ0v) is 17.1. The van der Waals surface area contributed by atoms with Gasteiger partial charge in [0.15, 0.2) is 0 Å². The quantitative estimate of drug-likeness (QED) is 0.384. The lowest BCUT2D eigenvalue weighted by atomic mass is 10.1. The monoisotopic (exact) mass is 371 g/mol. The molecule has 2 heteroatoms. The van der Waals surface area contributed by atoms with Crippen molar-refractivity contribution in [3.63, 3.8) is 0 Å². The Bertz CT molecular complexity index is 852. The zero-order valence-electron chi connectivity index (χ0n) is 16.2. The van der Waals surface area contributed by atoms with Gasteiger partial charge in [0.2, 0.25) is 0 Å². The smallest absolute Gasteiger partial charge is 0.0524 e. The van der Waals surface area contributed by atoms with E-state index in [0.29, 0.717) is 0 Å². The topological polar surface area (TPSA) is 12.4 Å². The van der Waals surface area contributed by atoms with Crippen LogP contribution in [0.2, 0.25) is 0 Å². The third-order valence-corrected chi connectivity index (χ3v) is 6.55. The van der Waals surface area contributed by atoms with Crippen LogP contribution in [0.1, 0.15) is 26.3 Å². The number of hydrogen-bond acceptors (Lipinski definition) is 1. The van der Waals surface area contributed by atoms with Crippen LogP contribution in [0.3, 0.4) is 0 Å². The van der Waals surface area contributed by atoms with Gasteiger partial charge in [-0.25, -0.2) is 0 Å². The largest absolute Gasteiger partial charge is 0.287 e. The lowest BCUT2D eigenvalue weighted by molar-refractivity contribution is 0.587. The number of allylic oxidation sites excluding steroid dienone is 1. The molecule has 27 heavy (non-hydrogen) atoms. The number of hydrogen-bond donors (Lipinski definition) is 0. The Morgan fingerprint density at radius 3 is 1.59 bits per heavy atom. The van der Waals surface area contributed by atoms with E-state index in [4.69, 9.17) is 4.99 Å². The van der Waals surface area contributed by atoms with Gasteiger partial charge in [-0.05, 0) is 56.3 Å². The maximum absolute atomic E-state index is 4.70. The predicted molar refractivity (Wildman–Crippen MR) is 122 cm³/mol. The van der Waals surface area contributed by atoms with E-state index >= 15 is 0 Å². The molecule has 0 spiro atoms. The second-order valence-corrected chi connectivity index (χ2v) is 9.56. The summed E-state index contributed by atoms with van der Waals surface area (Å²) in [6.45, 7) is 6.37. The van der Waals surface area contributed by atoms with Crippen LogP contribution in [0.25, 0.3) is 5.31 Å². The van der Waals surface area contributed by atoms with E-state index in [-0.39, 0.29) is 5.54 Å². The van der Waals surface area contributed by atoms with Gasteiger partial charge in [-0.15, -0.1) is 0 Å². The fourth-order valence-corrected chi connectivity index (χ4v) is 5.24. The van der Waals surface area contributed by atoms with E-state index in [9.17, 15) is 0 Å². The molecule has 0 aliphatic rings. The maximum Gasteiger partial charge on any atom is 0.0524 e. The minimum atomic E-state index is -0.668. The first kappa shape index (κ1) is 19.3. The maximum atomic E-state index is 4.70. The summed E-state index contributed by atoms with van der Waals surface area (Å²) in [5.74, 6) is 0. The minimum Gasteiger partial charge on any atom is -0.287 e. The summed E-state index contributed by atoms with van der Waals surface area (Å²) in [6.07, 6.45) is 4.18. The van der Waals surface area contributed by atoms with Crippen molar-refractivity contribution in [2.24, 2.45) is 4.99 Å². The summed E-state index contributed by atoms with van der Waals surface area (Å²) in [7, 11) is -0.668. The molecule has 3 rings (SSSR count). The SMILES string of the molecule is CC(C)(C)N=C/C=C(\c1ccccc1)P(c1ccccc1)c1ccccc1. The van der Waals surface area contributed by atoms with Crippen molar-refractivity contribution in [1.29, 1.82) is 0 Å².